The molecule has 18 heavy (non-hydrogen) atoms. The molecule has 9 heteroatoms. The van der Waals surface area contributed by atoms with Crippen LogP contribution < -0.4 is 4.31 Å². The van der Waals surface area contributed by atoms with E-state index in [0.717, 1.165) is 4.31 Å². The lowest BCUT2D eigenvalue weighted by molar-refractivity contribution is 0.175. The molecule has 1 aromatic carbocycles. The van der Waals surface area contributed by atoms with E-state index in [1.165, 1.54) is 6.07 Å². The van der Waals surface area contributed by atoms with Gasteiger partial charge in [0.1, 0.15) is 0 Å². The molecule has 1 amide bonds. The molecule has 1 aromatic rings. The van der Waals surface area contributed by atoms with E-state index in [-0.39, 0.29) is 13.1 Å². The van der Waals surface area contributed by atoms with Gasteiger partial charge in [0.05, 0.1) is 18.8 Å². The fraction of sp³-hybridized carbons (Fsp3) is 0.222. The van der Waals surface area contributed by atoms with E-state index in [1.807, 2.05) is 0 Å². The molecule has 0 saturated carbocycles. The van der Waals surface area contributed by atoms with Gasteiger partial charge in [-0.05, 0) is 34.1 Å². The molecule has 1 heterocycles. The molecule has 0 spiro atoms. The second kappa shape index (κ2) is 4.60. The lowest BCUT2D eigenvalue weighted by atomic mass is 10.3. The molecule has 2 rings (SSSR count). The molecule has 0 atom stereocenters. The molecular formula is C9H8BrClN2O4S. The maximum atomic E-state index is 12.0. The standard InChI is InChI=1S/C9H8BrClN2O4S/c10-7-5-6(11)1-2-8(7)12-3-4-13(9(14)15)18(12,16)17/h1-2,5H,3-4H2,(H,14,15). The Bertz CT molecular complexity index is 607. The van der Waals surface area contributed by atoms with E-state index < -0.39 is 16.3 Å². The number of anilines is 1. The van der Waals surface area contributed by atoms with Gasteiger partial charge in [-0.3, -0.25) is 4.31 Å². The van der Waals surface area contributed by atoms with Crippen molar-refractivity contribution in [3.8, 4) is 0 Å². The summed E-state index contributed by atoms with van der Waals surface area (Å²) in [6.07, 6.45) is -1.48. The SMILES string of the molecule is O=C(O)N1CCN(c2ccc(Cl)cc2Br)S1(=O)=O. The average molecular weight is 356 g/mol. The van der Waals surface area contributed by atoms with Crippen molar-refractivity contribution in [3.05, 3.63) is 27.7 Å². The Morgan fingerprint density at radius 2 is 2.06 bits per heavy atom. The van der Waals surface area contributed by atoms with Gasteiger partial charge in [-0.2, -0.15) is 12.7 Å². The highest BCUT2D eigenvalue weighted by atomic mass is 79.9. The first kappa shape index (κ1) is 13.4. The van der Waals surface area contributed by atoms with Crippen LogP contribution in [-0.2, 0) is 10.2 Å². The summed E-state index contributed by atoms with van der Waals surface area (Å²) in [4.78, 5) is 10.8. The molecule has 0 unspecified atom stereocenters. The number of amides is 1. The van der Waals surface area contributed by atoms with E-state index in [1.54, 1.807) is 12.1 Å². The van der Waals surface area contributed by atoms with Gasteiger partial charge in [-0.25, -0.2) is 4.79 Å². The Balaban J connectivity index is 2.45. The minimum atomic E-state index is -4.02. The number of hydrogen-bond donors (Lipinski definition) is 1. The number of carbonyl (C=O) groups is 1. The second-order valence-electron chi connectivity index (χ2n) is 3.53. The van der Waals surface area contributed by atoms with Gasteiger partial charge < -0.3 is 5.11 Å². The molecule has 0 aliphatic carbocycles. The van der Waals surface area contributed by atoms with Crippen LogP contribution in [0.25, 0.3) is 0 Å². The first-order chi connectivity index (χ1) is 8.34. The summed E-state index contributed by atoms with van der Waals surface area (Å²) in [6, 6.07) is 4.62. The van der Waals surface area contributed by atoms with Crippen LogP contribution in [0.3, 0.4) is 0 Å². The van der Waals surface area contributed by atoms with E-state index >= 15 is 0 Å². The number of benzene rings is 1. The highest BCUT2D eigenvalue weighted by molar-refractivity contribution is 9.10. The zero-order chi connectivity index (χ0) is 13.5. The Morgan fingerprint density at radius 3 is 2.56 bits per heavy atom. The highest BCUT2D eigenvalue weighted by Gasteiger charge is 2.40. The highest BCUT2D eigenvalue weighted by Crippen LogP contribution is 2.33. The normalized spacial score (nSPS) is 18.1. The molecule has 0 bridgehead atoms. The quantitative estimate of drug-likeness (QED) is 0.837. The number of halogens is 2. The summed E-state index contributed by atoms with van der Waals surface area (Å²) in [5.74, 6) is 0. The van der Waals surface area contributed by atoms with Crippen molar-refractivity contribution in [2.75, 3.05) is 17.4 Å². The minimum Gasteiger partial charge on any atom is -0.464 e. The van der Waals surface area contributed by atoms with Gasteiger partial charge in [0.25, 0.3) is 0 Å². The summed E-state index contributed by atoms with van der Waals surface area (Å²) >= 11 is 8.98. The van der Waals surface area contributed by atoms with Crippen molar-refractivity contribution in [3.63, 3.8) is 0 Å². The van der Waals surface area contributed by atoms with Gasteiger partial charge in [0.2, 0.25) is 0 Å². The first-order valence-corrected chi connectivity index (χ1v) is 7.39. The van der Waals surface area contributed by atoms with Crippen molar-refractivity contribution in [2.24, 2.45) is 0 Å². The third-order valence-corrected chi connectivity index (χ3v) is 5.16. The summed E-state index contributed by atoms with van der Waals surface area (Å²) in [7, 11) is -4.02. The third-order valence-electron chi connectivity index (χ3n) is 2.45. The van der Waals surface area contributed by atoms with E-state index in [0.29, 0.717) is 19.5 Å². The lowest BCUT2D eigenvalue weighted by Gasteiger charge is -2.19. The lowest BCUT2D eigenvalue weighted by Crippen LogP contribution is -2.36. The van der Waals surface area contributed by atoms with Crippen LogP contribution in [-0.4, -0.2) is 37.0 Å². The van der Waals surface area contributed by atoms with Crippen LogP contribution in [0.2, 0.25) is 5.02 Å². The summed E-state index contributed by atoms with van der Waals surface area (Å²) in [5, 5.41) is 9.27. The maximum absolute atomic E-state index is 12.0. The molecule has 6 nitrogen and oxygen atoms in total. The van der Waals surface area contributed by atoms with Crippen LogP contribution in [0.4, 0.5) is 10.5 Å². The molecule has 1 aliphatic rings. The minimum absolute atomic E-state index is 0.0782. The van der Waals surface area contributed by atoms with Gasteiger partial charge in [-0.15, -0.1) is 0 Å². The molecule has 1 saturated heterocycles. The van der Waals surface area contributed by atoms with E-state index in [9.17, 15) is 13.2 Å². The Kier molecular flexibility index (Phi) is 3.43. The van der Waals surface area contributed by atoms with Crippen molar-refractivity contribution >= 4 is 49.5 Å². The smallest absolute Gasteiger partial charge is 0.422 e. The summed E-state index contributed by atoms with van der Waals surface area (Å²) in [6.45, 7) is -0.0123. The van der Waals surface area contributed by atoms with Crippen LogP contribution in [0.1, 0.15) is 0 Å². The molecule has 98 valence electrons. The number of rotatable bonds is 1. The topological polar surface area (TPSA) is 77.9 Å². The maximum Gasteiger partial charge on any atom is 0.422 e. The zero-order valence-corrected chi connectivity index (χ0v) is 12.0. The Hall–Kier alpha value is -0.990. The van der Waals surface area contributed by atoms with Crippen LogP contribution >= 0.6 is 27.5 Å². The summed E-state index contributed by atoms with van der Waals surface area (Å²) < 4.78 is 25.9. The van der Waals surface area contributed by atoms with Gasteiger partial charge >= 0.3 is 16.3 Å². The van der Waals surface area contributed by atoms with E-state index in [4.69, 9.17) is 16.7 Å². The van der Waals surface area contributed by atoms with Crippen molar-refractivity contribution < 1.29 is 18.3 Å². The molecule has 1 aliphatic heterocycles. The fourth-order valence-electron chi connectivity index (χ4n) is 1.65. The molecular weight excluding hydrogens is 348 g/mol. The van der Waals surface area contributed by atoms with Gasteiger partial charge in [0, 0.05) is 9.50 Å². The van der Waals surface area contributed by atoms with Crippen molar-refractivity contribution in [1.82, 2.24) is 4.31 Å². The molecule has 0 aromatic heterocycles. The second-order valence-corrected chi connectivity index (χ2v) is 6.60. The Labute approximate surface area is 117 Å². The number of nitrogens with zero attached hydrogens (tertiary/aromatic N) is 2. The molecule has 1 fully saturated rings. The summed E-state index contributed by atoms with van der Waals surface area (Å²) in [5.41, 5.74) is 0.364. The predicted molar refractivity (Wildman–Crippen MR) is 70.1 cm³/mol. The van der Waals surface area contributed by atoms with Gasteiger partial charge in [0.15, 0.2) is 0 Å². The zero-order valence-electron chi connectivity index (χ0n) is 8.88. The Morgan fingerprint density at radius 1 is 1.39 bits per heavy atom. The van der Waals surface area contributed by atoms with Crippen LogP contribution in [0.15, 0.2) is 22.7 Å². The van der Waals surface area contributed by atoms with Crippen LogP contribution in [0.5, 0.6) is 0 Å². The number of hydrogen-bond acceptors (Lipinski definition) is 3. The largest absolute Gasteiger partial charge is 0.464 e. The van der Waals surface area contributed by atoms with Crippen molar-refractivity contribution in [2.45, 2.75) is 0 Å². The third kappa shape index (κ3) is 2.15. The van der Waals surface area contributed by atoms with E-state index in [2.05, 4.69) is 15.9 Å². The fourth-order valence-corrected chi connectivity index (χ4v) is 4.14. The predicted octanol–water partition coefficient (Wildman–Crippen LogP) is 2.15. The molecule has 0 radical (unpaired) electrons. The first-order valence-electron chi connectivity index (χ1n) is 4.82. The number of carboxylic acid groups (broad SMARTS) is 1. The average Bonchev–Trinajstić information content (AvgIpc) is 2.54. The van der Waals surface area contributed by atoms with Crippen molar-refractivity contribution in [1.29, 1.82) is 0 Å². The van der Waals surface area contributed by atoms with Gasteiger partial charge in [-0.1, -0.05) is 11.6 Å². The van der Waals surface area contributed by atoms with Crippen LogP contribution in [0, 0.1) is 0 Å². The monoisotopic (exact) mass is 354 g/mol. The molecule has 1 N–H and O–H groups in total.